The third-order valence-electron chi connectivity index (χ3n) is 5.64. The van der Waals surface area contributed by atoms with Crippen LogP contribution in [0.4, 0.5) is 27.6 Å². The second-order valence-corrected chi connectivity index (χ2v) is 8.60. The number of hydrogen-bond donors (Lipinski definition) is 1. The maximum atomic E-state index is 13.3. The number of nitrogens with zero attached hydrogens (tertiary/aromatic N) is 1. The molecule has 41 heavy (non-hydrogen) atoms. The summed E-state index contributed by atoms with van der Waals surface area (Å²) in [5, 5.41) is 13.6. The largest absolute Gasteiger partial charge is 0.489 e. The van der Waals surface area contributed by atoms with Crippen molar-refractivity contribution in [2.24, 2.45) is 0 Å². The highest BCUT2D eigenvalue weighted by Gasteiger charge is 2.58. The molecule has 9 nitrogen and oxygen atoms in total. The molecule has 0 unspecified atom stereocenters. The Kier molecular flexibility index (Phi) is 9.81. The maximum absolute atomic E-state index is 13.3. The first-order valence-corrected chi connectivity index (χ1v) is 11.8. The van der Waals surface area contributed by atoms with Gasteiger partial charge in [0.25, 0.3) is 5.91 Å². The van der Waals surface area contributed by atoms with Gasteiger partial charge in [-0.2, -0.15) is 22.0 Å². The zero-order chi connectivity index (χ0) is 30.2. The van der Waals surface area contributed by atoms with Gasteiger partial charge in [-0.3, -0.25) is 14.9 Å². The molecule has 0 radical (unpaired) electrons. The first-order valence-electron chi connectivity index (χ1n) is 11.8. The van der Waals surface area contributed by atoms with Gasteiger partial charge in [0.1, 0.15) is 18.4 Å². The van der Waals surface area contributed by atoms with Crippen LogP contribution in [0.3, 0.4) is 0 Å². The Bertz CT molecular complexity index is 1370. The Morgan fingerprint density at radius 2 is 1.59 bits per heavy atom. The van der Waals surface area contributed by atoms with Crippen LogP contribution in [-0.4, -0.2) is 48.7 Å². The summed E-state index contributed by atoms with van der Waals surface area (Å²) in [6, 6.07) is 17.1. The number of methoxy groups -OCH3 is 1. The van der Waals surface area contributed by atoms with Gasteiger partial charge in [-0.15, -0.1) is 0 Å². The van der Waals surface area contributed by atoms with Crippen molar-refractivity contribution >= 4 is 17.6 Å². The summed E-state index contributed by atoms with van der Waals surface area (Å²) >= 11 is 0. The lowest BCUT2D eigenvalue weighted by Crippen LogP contribution is -2.43. The first-order chi connectivity index (χ1) is 19.3. The summed E-state index contributed by atoms with van der Waals surface area (Å²) in [7, 11) is 1.08. The summed E-state index contributed by atoms with van der Waals surface area (Å²) in [4.78, 5) is 35.3. The van der Waals surface area contributed by atoms with E-state index in [4.69, 9.17) is 9.47 Å². The first kappa shape index (κ1) is 30.8. The molecule has 0 fully saturated rings. The van der Waals surface area contributed by atoms with Crippen molar-refractivity contribution in [1.82, 2.24) is 5.32 Å². The fourth-order valence-electron chi connectivity index (χ4n) is 3.45. The number of carbonyl (C=O) groups is 2. The van der Waals surface area contributed by atoms with Gasteiger partial charge < -0.3 is 19.5 Å². The maximum Gasteiger partial charge on any atom is 0.456 e. The van der Waals surface area contributed by atoms with Crippen molar-refractivity contribution in [2.75, 3.05) is 13.7 Å². The molecule has 218 valence electrons. The lowest BCUT2D eigenvalue weighted by molar-refractivity contribution is -0.386. The van der Waals surface area contributed by atoms with E-state index in [0.29, 0.717) is 30.1 Å². The molecule has 0 aromatic heterocycles. The Morgan fingerprint density at radius 3 is 2.17 bits per heavy atom. The standard InChI is InChI=1S/C27H23F5N2O7/c1-39-25(36)21(13-17-7-10-20(11-8-17)40-15-18-5-3-2-4-6-18)33-24(35)19-9-12-22(34(37)38)23(14-19)41-16-26(28,29)27(30,31)32/h2-12,14,21H,13,15-16H2,1H3,(H,33,35)/t21-/m0/s1. The number of nitrogens with one attached hydrogen (secondary N) is 1. The molecule has 3 rings (SSSR count). The number of alkyl halides is 5. The molecule has 0 aliphatic carbocycles. The Hall–Kier alpha value is -4.75. The average molecular weight is 582 g/mol. The number of carbonyl (C=O) groups excluding carboxylic acids is 2. The van der Waals surface area contributed by atoms with Crippen molar-refractivity contribution in [3.8, 4) is 11.5 Å². The predicted octanol–water partition coefficient (Wildman–Crippen LogP) is 5.26. The smallest absolute Gasteiger partial charge is 0.456 e. The molecule has 0 aliphatic rings. The number of esters is 1. The van der Waals surface area contributed by atoms with E-state index in [9.17, 15) is 41.7 Å². The van der Waals surface area contributed by atoms with Gasteiger partial charge in [-0.25, -0.2) is 4.79 Å². The normalized spacial score (nSPS) is 12.2. The molecule has 1 amide bonds. The van der Waals surface area contributed by atoms with Crippen LogP contribution in [-0.2, 0) is 22.6 Å². The molecule has 1 atom stereocenters. The lowest BCUT2D eigenvalue weighted by Gasteiger charge is -2.20. The highest BCUT2D eigenvalue weighted by atomic mass is 19.4. The molecular weight excluding hydrogens is 559 g/mol. The SMILES string of the molecule is COC(=O)[C@H](Cc1ccc(OCc2ccccc2)cc1)NC(=O)c1ccc([N+](=O)[O-])c(OCC(F)(F)C(F)(F)F)c1. The van der Waals surface area contributed by atoms with E-state index in [2.05, 4.69) is 10.1 Å². The summed E-state index contributed by atoms with van der Waals surface area (Å²) in [6.07, 6.45) is -6.01. The van der Waals surface area contributed by atoms with Gasteiger partial charge in [-0.1, -0.05) is 42.5 Å². The molecule has 0 saturated heterocycles. The van der Waals surface area contributed by atoms with Gasteiger partial charge in [-0.05, 0) is 29.3 Å². The minimum atomic E-state index is -5.96. The van der Waals surface area contributed by atoms with Crippen LogP contribution < -0.4 is 14.8 Å². The molecule has 0 spiro atoms. The monoisotopic (exact) mass is 582 g/mol. The van der Waals surface area contributed by atoms with Crippen LogP contribution in [0.2, 0.25) is 0 Å². The molecule has 0 saturated carbocycles. The van der Waals surface area contributed by atoms with Crippen LogP contribution in [0.1, 0.15) is 21.5 Å². The second-order valence-electron chi connectivity index (χ2n) is 8.60. The highest BCUT2D eigenvalue weighted by Crippen LogP contribution is 2.37. The third-order valence-corrected chi connectivity index (χ3v) is 5.64. The Labute approximate surface area is 230 Å². The van der Waals surface area contributed by atoms with Gasteiger partial charge in [0.05, 0.1) is 12.0 Å². The Balaban J connectivity index is 1.72. The number of nitro groups is 1. The molecular formula is C27H23F5N2O7. The van der Waals surface area contributed by atoms with Crippen molar-refractivity contribution < 1.29 is 50.7 Å². The minimum Gasteiger partial charge on any atom is -0.489 e. The fourth-order valence-corrected chi connectivity index (χ4v) is 3.45. The number of amides is 1. The quantitative estimate of drug-likeness (QED) is 0.134. The minimum absolute atomic E-state index is 0.0501. The van der Waals surface area contributed by atoms with E-state index in [1.807, 2.05) is 30.3 Å². The van der Waals surface area contributed by atoms with E-state index >= 15 is 0 Å². The molecule has 1 N–H and O–H groups in total. The van der Waals surface area contributed by atoms with Crippen molar-refractivity contribution in [3.63, 3.8) is 0 Å². The van der Waals surface area contributed by atoms with E-state index in [0.717, 1.165) is 18.7 Å². The average Bonchev–Trinajstić information content (AvgIpc) is 2.94. The van der Waals surface area contributed by atoms with E-state index < -0.39 is 58.5 Å². The molecule has 0 bridgehead atoms. The summed E-state index contributed by atoms with van der Waals surface area (Å²) < 4.78 is 78.9. The second kappa shape index (κ2) is 13.1. The number of halogens is 5. The van der Waals surface area contributed by atoms with Crippen molar-refractivity contribution in [1.29, 1.82) is 0 Å². The van der Waals surface area contributed by atoms with Gasteiger partial charge >= 0.3 is 23.8 Å². The van der Waals surface area contributed by atoms with Crippen LogP contribution in [0.15, 0.2) is 72.8 Å². The van der Waals surface area contributed by atoms with Crippen molar-refractivity contribution in [2.45, 2.75) is 31.2 Å². The van der Waals surface area contributed by atoms with Gasteiger partial charge in [0.15, 0.2) is 12.4 Å². The topological polar surface area (TPSA) is 117 Å². The number of benzene rings is 3. The van der Waals surface area contributed by atoms with Crippen LogP contribution in [0.5, 0.6) is 11.5 Å². The van der Waals surface area contributed by atoms with Crippen molar-refractivity contribution in [3.05, 3.63) is 99.6 Å². The zero-order valence-corrected chi connectivity index (χ0v) is 21.3. The van der Waals surface area contributed by atoms with E-state index in [1.165, 1.54) is 0 Å². The van der Waals surface area contributed by atoms with Gasteiger partial charge in [0, 0.05) is 24.1 Å². The molecule has 3 aromatic carbocycles. The molecule has 0 aliphatic heterocycles. The predicted molar refractivity (Wildman–Crippen MR) is 134 cm³/mol. The lowest BCUT2D eigenvalue weighted by atomic mass is 10.0. The van der Waals surface area contributed by atoms with Gasteiger partial charge in [0.2, 0.25) is 0 Å². The Morgan fingerprint density at radius 1 is 0.927 bits per heavy atom. The molecule has 14 heteroatoms. The third kappa shape index (κ3) is 8.37. The van der Waals surface area contributed by atoms with Crippen LogP contribution >= 0.6 is 0 Å². The van der Waals surface area contributed by atoms with E-state index in [1.54, 1.807) is 24.3 Å². The highest BCUT2D eigenvalue weighted by molar-refractivity contribution is 5.97. The summed E-state index contributed by atoms with van der Waals surface area (Å²) in [5.41, 5.74) is 0.201. The van der Waals surface area contributed by atoms with Crippen LogP contribution in [0.25, 0.3) is 0 Å². The number of nitro benzene ring substituents is 1. The number of ether oxygens (including phenoxy) is 3. The summed E-state index contributed by atoms with van der Waals surface area (Å²) in [6.45, 7) is -1.92. The zero-order valence-electron chi connectivity index (χ0n) is 21.3. The number of rotatable bonds is 12. The molecule has 3 aromatic rings. The summed E-state index contributed by atoms with van der Waals surface area (Å²) in [5.74, 6) is -7.59. The van der Waals surface area contributed by atoms with E-state index in [-0.39, 0.29) is 6.42 Å². The fraction of sp³-hybridized carbons (Fsp3) is 0.259. The molecule has 0 heterocycles. The van der Waals surface area contributed by atoms with Crippen LogP contribution in [0, 0.1) is 10.1 Å². The number of hydrogen-bond acceptors (Lipinski definition) is 7.